The fourth-order valence-corrected chi connectivity index (χ4v) is 3.83. The summed E-state index contributed by atoms with van der Waals surface area (Å²) in [6.45, 7) is 5.80. The van der Waals surface area contributed by atoms with Crippen LogP contribution in [0.25, 0.3) is 0 Å². The van der Waals surface area contributed by atoms with E-state index < -0.39 is 0 Å². The fraction of sp³-hybridized carbons (Fsp3) is 0.810. The minimum atomic E-state index is -0.216. The lowest BCUT2D eigenvalue weighted by atomic mass is 9.74. The van der Waals surface area contributed by atoms with Crippen LogP contribution in [0, 0.1) is 5.41 Å². The van der Waals surface area contributed by atoms with Crippen LogP contribution in [0.1, 0.15) is 65.2 Å². The molecule has 0 spiro atoms. The van der Waals surface area contributed by atoms with Gasteiger partial charge in [-0.2, -0.15) is 12.6 Å². The van der Waals surface area contributed by atoms with Gasteiger partial charge in [0.05, 0.1) is 0 Å². The number of thiol groups is 1. The van der Waals surface area contributed by atoms with Crippen LogP contribution in [0.15, 0.2) is 12.2 Å². The van der Waals surface area contributed by atoms with Gasteiger partial charge in [-0.05, 0) is 57.9 Å². The van der Waals surface area contributed by atoms with Gasteiger partial charge in [0.1, 0.15) is 0 Å². The lowest BCUT2D eigenvalue weighted by molar-refractivity contribution is -0.136. The van der Waals surface area contributed by atoms with E-state index in [1.54, 1.807) is 0 Å². The number of imide groups is 1. The van der Waals surface area contributed by atoms with Crippen LogP contribution < -0.4 is 5.32 Å². The number of aliphatic hydroxyl groups is 2. The molecular formula is C21H38N2O4S. The SMILES string of the molecule is CC(C)(CS)NCCC(CCO)(CCO)CCCCCCN1C(=O)C=CC1=O. The molecule has 2 amide bonds. The third-order valence-electron chi connectivity index (χ3n) is 5.68. The summed E-state index contributed by atoms with van der Waals surface area (Å²) in [4.78, 5) is 24.4. The number of hydrogen-bond donors (Lipinski definition) is 4. The molecule has 6 nitrogen and oxygen atoms in total. The number of rotatable bonds is 16. The molecule has 0 aromatic heterocycles. The molecule has 0 saturated heterocycles. The summed E-state index contributed by atoms with van der Waals surface area (Å²) in [7, 11) is 0. The maximum absolute atomic E-state index is 11.5. The third kappa shape index (κ3) is 8.64. The Morgan fingerprint density at radius 1 is 0.929 bits per heavy atom. The molecule has 0 saturated carbocycles. The van der Waals surface area contributed by atoms with Gasteiger partial charge in [0.2, 0.25) is 0 Å². The van der Waals surface area contributed by atoms with E-state index in [1.165, 1.54) is 17.1 Å². The van der Waals surface area contributed by atoms with E-state index in [0.717, 1.165) is 50.8 Å². The summed E-state index contributed by atoms with van der Waals surface area (Å²) < 4.78 is 0. The number of aliphatic hydroxyl groups excluding tert-OH is 2. The van der Waals surface area contributed by atoms with E-state index in [1.807, 2.05) is 0 Å². The van der Waals surface area contributed by atoms with E-state index >= 15 is 0 Å². The molecule has 7 heteroatoms. The molecule has 3 N–H and O–H groups in total. The molecule has 0 aromatic carbocycles. The fourth-order valence-electron chi connectivity index (χ4n) is 3.72. The Hall–Kier alpha value is -0.890. The van der Waals surface area contributed by atoms with Crippen molar-refractivity contribution in [2.75, 3.05) is 32.1 Å². The molecule has 0 bridgehead atoms. The predicted molar refractivity (Wildman–Crippen MR) is 115 cm³/mol. The maximum atomic E-state index is 11.5. The first-order chi connectivity index (χ1) is 13.3. The Morgan fingerprint density at radius 3 is 2.04 bits per heavy atom. The first-order valence-electron chi connectivity index (χ1n) is 10.4. The molecule has 0 aromatic rings. The molecule has 1 heterocycles. The lowest BCUT2D eigenvalue weighted by Gasteiger charge is -2.35. The highest BCUT2D eigenvalue weighted by atomic mass is 32.1. The molecule has 0 atom stereocenters. The molecule has 1 aliphatic heterocycles. The molecular weight excluding hydrogens is 376 g/mol. The van der Waals surface area contributed by atoms with Crippen molar-refractivity contribution in [1.29, 1.82) is 0 Å². The highest BCUT2D eigenvalue weighted by Gasteiger charge is 2.29. The van der Waals surface area contributed by atoms with Crippen LogP contribution in [0.2, 0.25) is 0 Å². The second-order valence-corrected chi connectivity index (χ2v) is 8.81. The van der Waals surface area contributed by atoms with Crippen molar-refractivity contribution in [3.8, 4) is 0 Å². The molecule has 1 rings (SSSR count). The predicted octanol–water partition coefficient (Wildman–Crippen LogP) is 2.30. The lowest BCUT2D eigenvalue weighted by Crippen LogP contribution is -2.43. The van der Waals surface area contributed by atoms with E-state index in [2.05, 4.69) is 31.8 Å². The van der Waals surface area contributed by atoms with Gasteiger partial charge in [-0.1, -0.05) is 19.3 Å². The van der Waals surface area contributed by atoms with Crippen molar-refractivity contribution in [1.82, 2.24) is 10.2 Å². The topological polar surface area (TPSA) is 89.9 Å². The second-order valence-electron chi connectivity index (χ2n) is 8.49. The van der Waals surface area contributed by atoms with Crippen LogP contribution in [0.5, 0.6) is 0 Å². The Labute approximate surface area is 175 Å². The Balaban J connectivity index is 2.39. The van der Waals surface area contributed by atoms with Crippen LogP contribution in [-0.4, -0.2) is 64.5 Å². The molecule has 0 radical (unpaired) electrons. The zero-order chi connectivity index (χ0) is 21.0. The van der Waals surface area contributed by atoms with Crippen LogP contribution >= 0.6 is 12.6 Å². The number of nitrogens with zero attached hydrogens (tertiary/aromatic N) is 1. The van der Waals surface area contributed by atoms with E-state index in [0.29, 0.717) is 19.4 Å². The largest absolute Gasteiger partial charge is 0.396 e. The normalized spacial score (nSPS) is 15.1. The second kappa shape index (κ2) is 12.6. The molecule has 1 aliphatic rings. The third-order valence-corrected chi connectivity index (χ3v) is 6.47. The number of carbonyl (C=O) groups is 2. The number of carbonyl (C=O) groups excluding carboxylic acids is 2. The highest BCUT2D eigenvalue weighted by Crippen LogP contribution is 2.36. The van der Waals surface area contributed by atoms with Gasteiger partial charge in [-0.25, -0.2) is 0 Å². The Bertz CT molecular complexity index is 499. The van der Waals surface area contributed by atoms with Crippen molar-refractivity contribution in [2.24, 2.45) is 5.41 Å². The summed E-state index contributed by atoms with van der Waals surface area (Å²) in [5.74, 6) is 0.315. The van der Waals surface area contributed by atoms with Gasteiger partial charge in [-0.3, -0.25) is 14.5 Å². The number of amides is 2. The molecule has 0 fully saturated rings. The number of nitrogens with one attached hydrogen (secondary N) is 1. The van der Waals surface area contributed by atoms with Crippen molar-refractivity contribution < 1.29 is 19.8 Å². The average Bonchev–Trinajstić information content (AvgIpc) is 2.96. The Morgan fingerprint density at radius 2 is 1.50 bits per heavy atom. The van der Waals surface area contributed by atoms with Crippen molar-refractivity contribution in [3.05, 3.63) is 12.2 Å². The van der Waals surface area contributed by atoms with Gasteiger partial charge < -0.3 is 15.5 Å². The number of unbranched alkanes of at least 4 members (excludes halogenated alkanes) is 3. The number of hydrogen-bond acceptors (Lipinski definition) is 6. The molecule has 28 heavy (non-hydrogen) atoms. The van der Waals surface area contributed by atoms with Gasteiger partial charge >= 0.3 is 0 Å². The summed E-state index contributed by atoms with van der Waals surface area (Å²) in [5.41, 5.74) is -0.0967. The first-order valence-corrected chi connectivity index (χ1v) is 11.0. The monoisotopic (exact) mass is 414 g/mol. The van der Waals surface area contributed by atoms with Gasteiger partial charge in [0.25, 0.3) is 11.8 Å². The molecule has 0 unspecified atom stereocenters. The van der Waals surface area contributed by atoms with Crippen LogP contribution in [0.4, 0.5) is 0 Å². The van der Waals surface area contributed by atoms with E-state index in [4.69, 9.17) is 0 Å². The highest BCUT2D eigenvalue weighted by molar-refractivity contribution is 7.80. The Kier molecular flexibility index (Phi) is 11.3. The van der Waals surface area contributed by atoms with Gasteiger partial charge in [-0.15, -0.1) is 0 Å². The van der Waals surface area contributed by atoms with Crippen molar-refractivity contribution in [3.63, 3.8) is 0 Å². The first kappa shape index (κ1) is 25.1. The standard InChI is InChI=1S/C21H38N2O4S/c1-20(2,17-28)22-13-10-21(11-15-24,12-16-25)9-5-3-4-6-14-23-18(26)7-8-19(23)27/h7-8,22,24-25,28H,3-6,9-17H2,1-2H3. The van der Waals surface area contributed by atoms with Crippen LogP contribution in [0.3, 0.4) is 0 Å². The molecule has 0 aliphatic carbocycles. The summed E-state index contributed by atoms with van der Waals surface area (Å²) in [6.07, 6.45) is 9.69. The minimum Gasteiger partial charge on any atom is -0.396 e. The van der Waals surface area contributed by atoms with Crippen molar-refractivity contribution in [2.45, 2.75) is 70.8 Å². The zero-order valence-electron chi connectivity index (χ0n) is 17.5. The van der Waals surface area contributed by atoms with Crippen LogP contribution in [-0.2, 0) is 9.59 Å². The zero-order valence-corrected chi connectivity index (χ0v) is 18.3. The summed E-state index contributed by atoms with van der Waals surface area (Å²) >= 11 is 4.37. The van der Waals surface area contributed by atoms with Gasteiger partial charge in [0.15, 0.2) is 0 Å². The average molecular weight is 415 g/mol. The smallest absolute Gasteiger partial charge is 0.253 e. The maximum Gasteiger partial charge on any atom is 0.253 e. The van der Waals surface area contributed by atoms with Gasteiger partial charge in [0, 0.05) is 43.2 Å². The van der Waals surface area contributed by atoms with E-state index in [9.17, 15) is 19.8 Å². The summed E-state index contributed by atoms with van der Waals surface area (Å²) in [6, 6.07) is 0. The van der Waals surface area contributed by atoms with E-state index in [-0.39, 0.29) is 36.0 Å². The minimum absolute atomic E-state index is 0.0351. The molecule has 162 valence electrons. The summed E-state index contributed by atoms with van der Waals surface area (Å²) in [5, 5.41) is 22.6. The quantitative estimate of drug-likeness (QED) is 0.177. The van der Waals surface area contributed by atoms with Crippen molar-refractivity contribution >= 4 is 24.4 Å².